The van der Waals surface area contributed by atoms with Crippen molar-refractivity contribution in [3.63, 3.8) is 0 Å². The van der Waals surface area contributed by atoms with Gasteiger partial charge in [-0.3, -0.25) is 14.3 Å². The Bertz CT molecular complexity index is 1050. The van der Waals surface area contributed by atoms with Crippen molar-refractivity contribution in [1.82, 2.24) is 9.36 Å². The first kappa shape index (κ1) is 20.1. The van der Waals surface area contributed by atoms with Crippen LogP contribution in [0.2, 0.25) is 0 Å². The molecule has 1 amide bonds. The monoisotopic (exact) mass is 441 g/mol. The molecule has 5 nitrogen and oxygen atoms in total. The summed E-state index contributed by atoms with van der Waals surface area (Å²) in [7, 11) is 1.84. The largest absolute Gasteiger partial charge is 0.320 e. The van der Waals surface area contributed by atoms with Gasteiger partial charge in [-0.2, -0.15) is 0 Å². The molecular weight excluding hydrogens is 418 g/mol. The number of anilines is 1. The fraction of sp³-hybridized carbons (Fsp3) is 0.273. The lowest BCUT2D eigenvalue weighted by Crippen LogP contribution is -2.23. The average Bonchev–Trinajstić information content (AvgIpc) is 2.91. The smallest absolute Gasteiger partial charge is 0.295 e. The van der Waals surface area contributed by atoms with Crippen LogP contribution in [-0.4, -0.2) is 15.3 Å². The highest BCUT2D eigenvalue weighted by molar-refractivity contribution is 9.10. The van der Waals surface area contributed by atoms with Crippen molar-refractivity contribution in [1.29, 1.82) is 0 Å². The highest BCUT2D eigenvalue weighted by Crippen LogP contribution is 2.19. The number of benzene rings is 2. The first-order valence-corrected chi connectivity index (χ1v) is 10.1. The molecule has 28 heavy (non-hydrogen) atoms. The summed E-state index contributed by atoms with van der Waals surface area (Å²) in [6.07, 6.45) is 1.60. The molecule has 1 aromatic heterocycles. The first-order valence-electron chi connectivity index (χ1n) is 9.33. The number of amides is 1. The van der Waals surface area contributed by atoms with Gasteiger partial charge in [-0.15, -0.1) is 0 Å². The van der Waals surface area contributed by atoms with Gasteiger partial charge in [-0.25, -0.2) is 4.68 Å². The maximum absolute atomic E-state index is 13.0. The molecule has 0 atom stereocenters. The van der Waals surface area contributed by atoms with Crippen molar-refractivity contribution < 1.29 is 4.79 Å². The number of carbonyl (C=O) groups excluding carboxylic acids is 1. The number of nitrogens with zero attached hydrogens (tertiary/aromatic N) is 2. The topological polar surface area (TPSA) is 56.0 Å². The van der Waals surface area contributed by atoms with Gasteiger partial charge in [0.25, 0.3) is 5.56 Å². The molecule has 0 aliphatic heterocycles. The Morgan fingerprint density at radius 2 is 1.86 bits per heavy atom. The number of nitrogens with one attached hydrogen (secondary N) is 1. The van der Waals surface area contributed by atoms with Crippen LogP contribution in [0.3, 0.4) is 0 Å². The number of para-hydroxylation sites is 1. The zero-order chi connectivity index (χ0) is 20.3. The van der Waals surface area contributed by atoms with Crippen LogP contribution in [0.5, 0.6) is 0 Å². The van der Waals surface area contributed by atoms with Gasteiger partial charge in [-0.1, -0.05) is 47.1 Å². The van der Waals surface area contributed by atoms with Crippen LogP contribution in [0.1, 0.15) is 30.2 Å². The molecule has 6 heteroatoms. The summed E-state index contributed by atoms with van der Waals surface area (Å²) in [6.45, 7) is 4.01. The average molecular weight is 442 g/mol. The molecule has 0 saturated carbocycles. The zero-order valence-corrected chi connectivity index (χ0v) is 17.9. The molecule has 0 fully saturated rings. The lowest BCUT2D eigenvalue weighted by atomic mass is 10.0. The maximum Gasteiger partial charge on any atom is 0.295 e. The Kier molecular flexibility index (Phi) is 6.19. The summed E-state index contributed by atoms with van der Waals surface area (Å²) in [5.41, 5.74) is 4.01. The van der Waals surface area contributed by atoms with Crippen LogP contribution in [0.25, 0.3) is 5.69 Å². The zero-order valence-electron chi connectivity index (χ0n) is 16.3. The molecule has 0 spiro atoms. The molecule has 1 N–H and O–H groups in total. The highest BCUT2D eigenvalue weighted by atomic mass is 79.9. The van der Waals surface area contributed by atoms with E-state index in [1.807, 2.05) is 74.1 Å². The van der Waals surface area contributed by atoms with E-state index in [9.17, 15) is 9.59 Å². The van der Waals surface area contributed by atoms with E-state index in [0.29, 0.717) is 24.9 Å². The molecule has 3 aromatic rings. The van der Waals surface area contributed by atoms with E-state index in [-0.39, 0.29) is 11.5 Å². The molecule has 0 radical (unpaired) electrons. The van der Waals surface area contributed by atoms with E-state index in [1.54, 1.807) is 4.68 Å². The Balaban J connectivity index is 1.82. The molecule has 0 aliphatic rings. The Morgan fingerprint density at radius 1 is 1.14 bits per heavy atom. The van der Waals surface area contributed by atoms with Crippen LogP contribution in [0, 0.1) is 6.92 Å². The summed E-state index contributed by atoms with van der Waals surface area (Å²) in [5.74, 6) is -0.153. The van der Waals surface area contributed by atoms with E-state index in [1.165, 1.54) is 0 Å². The number of carbonyl (C=O) groups is 1. The van der Waals surface area contributed by atoms with Gasteiger partial charge in [0.2, 0.25) is 5.91 Å². The van der Waals surface area contributed by atoms with Gasteiger partial charge >= 0.3 is 0 Å². The van der Waals surface area contributed by atoms with Crippen LogP contribution in [-0.2, 0) is 24.7 Å². The third-order valence-corrected chi connectivity index (χ3v) is 5.40. The number of hydrogen-bond acceptors (Lipinski definition) is 2. The number of aromatic nitrogens is 2. The second-order valence-corrected chi connectivity index (χ2v) is 7.69. The van der Waals surface area contributed by atoms with Crippen LogP contribution < -0.4 is 10.9 Å². The summed E-state index contributed by atoms with van der Waals surface area (Å²) in [6, 6.07) is 15.5. The Hall–Kier alpha value is -2.60. The minimum absolute atomic E-state index is 0.153. The van der Waals surface area contributed by atoms with Crippen molar-refractivity contribution in [2.24, 2.45) is 7.05 Å². The maximum atomic E-state index is 13.0. The number of halogens is 1. The van der Waals surface area contributed by atoms with E-state index in [4.69, 9.17) is 0 Å². The molecule has 0 unspecified atom stereocenters. The van der Waals surface area contributed by atoms with Crippen LogP contribution in [0.15, 0.2) is 57.8 Å². The molecule has 146 valence electrons. The number of aryl methyl sites for hydroxylation is 2. The van der Waals surface area contributed by atoms with Gasteiger partial charge in [0, 0.05) is 17.9 Å². The molecule has 0 aliphatic carbocycles. The Labute approximate surface area is 173 Å². The third kappa shape index (κ3) is 4.12. The number of hydrogen-bond donors (Lipinski definition) is 1. The fourth-order valence-electron chi connectivity index (χ4n) is 3.43. The van der Waals surface area contributed by atoms with Gasteiger partial charge in [-0.05, 0) is 55.2 Å². The van der Waals surface area contributed by atoms with Crippen molar-refractivity contribution in [2.75, 3.05) is 5.32 Å². The predicted octanol–water partition coefficient (Wildman–Crippen LogP) is 4.38. The lowest BCUT2D eigenvalue weighted by Gasteiger charge is -2.09. The minimum Gasteiger partial charge on any atom is -0.320 e. The summed E-state index contributed by atoms with van der Waals surface area (Å²) in [4.78, 5) is 25.6. The lowest BCUT2D eigenvalue weighted by molar-refractivity contribution is -0.116. The van der Waals surface area contributed by atoms with E-state index < -0.39 is 0 Å². The van der Waals surface area contributed by atoms with Gasteiger partial charge < -0.3 is 5.32 Å². The van der Waals surface area contributed by atoms with Crippen LogP contribution in [0.4, 0.5) is 5.69 Å². The van der Waals surface area contributed by atoms with Crippen molar-refractivity contribution in [3.8, 4) is 5.69 Å². The minimum atomic E-state index is -0.210. The third-order valence-electron chi connectivity index (χ3n) is 4.91. The van der Waals surface area contributed by atoms with Crippen molar-refractivity contribution in [3.05, 3.63) is 80.2 Å². The SMILES string of the molecule is CCc1c(NC(=O)CCc2ccc(Br)cc2C)c(=O)n(-c2ccccc2)n1C. The summed E-state index contributed by atoms with van der Waals surface area (Å²) >= 11 is 3.45. The van der Waals surface area contributed by atoms with Gasteiger partial charge in [0.15, 0.2) is 0 Å². The normalized spacial score (nSPS) is 10.9. The van der Waals surface area contributed by atoms with Crippen LogP contribution >= 0.6 is 15.9 Å². The van der Waals surface area contributed by atoms with E-state index in [0.717, 1.165) is 27.0 Å². The fourth-order valence-corrected chi connectivity index (χ4v) is 3.90. The van der Waals surface area contributed by atoms with Crippen molar-refractivity contribution >= 4 is 27.5 Å². The van der Waals surface area contributed by atoms with Gasteiger partial charge in [0.05, 0.1) is 11.4 Å². The van der Waals surface area contributed by atoms with Gasteiger partial charge in [0.1, 0.15) is 5.69 Å². The quantitative estimate of drug-likeness (QED) is 0.616. The van der Waals surface area contributed by atoms with E-state index >= 15 is 0 Å². The van der Waals surface area contributed by atoms with E-state index in [2.05, 4.69) is 21.2 Å². The second kappa shape index (κ2) is 8.61. The van der Waals surface area contributed by atoms with Crippen molar-refractivity contribution in [2.45, 2.75) is 33.1 Å². The molecular formula is C22H24BrN3O2. The summed E-state index contributed by atoms with van der Waals surface area (Å²) in [5, 5.41) is 2.86. The molecule has 2 aromatic carbocycles. The first-order chi connectivity index (χ1) is 13.4. The molecule has 1 heterocycles. The molecule has 0 saturated heterocycles. The molecule has 0 bridgehead atoms. The summed E-state index contributed by atoms with van der Waals surface area (Å²) < 4.78 is 4.43. The highest BCUT2D eigenvalue weighted by Gasteiger charge is 2.19. The Morgan fingerprint density at radius 3 is 2.50 bits per heavy atom. The predicted molar refractivity (Wildman–Crippen MR) is 116 cm³/mol. The second-order valence-electron chi connectivity index (χ2n) is 6.77. The standard InChI is InChI=1S/C22H24BrN3O2/c1-4-19-21(22(28)26(25(19)3)18-8-6-5-7-9-18)24-20(27)13-11-16-10-12-17(23)14-15(16)2/h5-10,12,14H,4,11,13H2,1-3H3,(H,24,27). The molecule has 3 rings (SSSR count). The number of rotatable bonds is 6.